The molecule has 0 aliphatic rings. The van der Waals surface area contributed by atoms with Gasteiger partial charge in [-0.1, -0.05) is 41.1 Å². The van der Waals surface area contributed by atoms with E-state index in [0.717, 1.165) is 39.4 Å². The normalized spacial score (nSPS) is 11.2. The van der Waals surface area contributed by atoms with E-state index in [-0.39, 0.29) is 5.82 Å². The van der Waals surface area contributed by atoms with Gasteiger partial charge >= 0.3 is 0 Å². The van der Waals surface area contributed by atoms with Crippen molar-refractivity contribution in [1.29, 1.82) is 0 Å². The predicted octanol–water partition coefficient (Wildman–Crippen LogP) is 4.04. The third-order valence-corrected chi connectivity index (χ3v) is 4.45. The van der Waals surface area contributed by atoms with Gasteiger partial charge in [0.15, 0.2) is 0 Å². The van der Waals surface area contributed by atoms with Crippen molar-refractivity contribution < 1.29 is 4.39 Å². The van der Waals surface area contributed by atoms with Crippen molar-refractivity contribution in [3.05, 3.63) is 33.5 Å². The van der Waals surface area contributed by atoms with Crippen LogP contribution in [0.2, 0.25) is 0 Å². The summed E-state index contributed by atoms with van der Waals surface area (Å²) in [6.07, 6.45) is 1.92. The molecule has 0 saturated carbocycles. The van der Waals surface area contributed by atoms with Gasteiger partial charge in [-0.3, -0.25) is 0 Å². The van der Waals surface area contributed by atoms with Gasteiger partial charge in [-0.15, -0.1) is 10.2 Å². The molecule has 108 valence electrons. The summed E-state index contributed by atoms with van der Waals surface area (Å²) >= 11 is 4.94. The first-order chi connectivity index (χ1) is 9.56. The molecule has 0 atom stereocenters. The van der Waals surface area contributed by atoms with Gasteiger partial charge in [0.2, 0.25) is 0 Å². The number of hydrogen-bond acceptors (Lipinski definition) is 4. The van der Waals surface area contributed by atoms with Crippen molar-refractivity contribution in [2.45, 2.75) is 32.7 Å². The fraction of sp³-hybridized carbons (Fsp3) is 0.429. The molecule has 0 amide bonds. The van der Waals surface area contributed by atoms with Gasteiger partial charge in [0.1, 0.15) is 15.8 Å². The summed E-state index contributed by atoms with van der Waals surface area (Å²) in [5.41, 5.74) is 0.758. The first kappa shape index (κ1) is 15.5. The van der Waals surface area contributed by atoms with Crippen LogP contribution in [0, 0.1) is 5.82 Å². The average Bonchev–Trinajstić information content (AvgIpc) is 2.86. The zero-order valence-electron chi connectivity index (χ0n) is 11.5. The summed E-state index contributed by atoms with van der Waals surface area (Å²) in [6, 6.07) is 5.10. The van der Waals surface area contributed by atoms with Crippen molar-refractivity contribution in [1.82, 2.24) is 15.5 Å². The van der Waals surface area contributed by atoms with Crippen molar-refractivity contribution in [3.8, 4) is 10.6 Å². The third-order valence-electron chi connectivity index (χ3n) is 2.75. The van der Waals surface area contributed by atoms with Crippen molar-refractivity contribution in [2.75, 3.05) is 6.54 Å². The average molecular weight is 358 g/mol. The van der Waals surface area contributed by atoms with Crippen LogP contribution < -0.4 is 5.32 Å². The number of hydrogen-bond donors (Lipinski definition) is 1. The lowest BCUT2D eigenvalue weighted by atomic mass is 10.2. The Morgan fingerprint density at radius 3 is 2.90 bits per heavy atom. The van der Waals surface area contributed by atoms with E-state index in [1.807, 2.05) is 0 Å². The van der Waals surface area contributed by atoms with Gasteiger partial charge in [-0.2, -0.15) is 0 Å². The number of aryl methyl sites for hydroxylation is 1. The summed E-state index contributed by atoms with van der Waals surface area (Å²) in [7, 11) is 0. The molecule has 0 radical (unpaired) electrons. The highest BCUT2D eigenvalue weighted by molar-refractivity contribution is 9.10. The van der Waals surface area contributed by atoms with Crippen LogP contribution in [0.15, 0.2) is 22.7 Å². The number of nitrogens with zero attached hydrogens (tertiary/aromatic N) is 2. The zero-order valence-corrected chi connectivity index (χ0v) is 13.9. The second kappa shape index (κ2) is 7.24. The minimum absolute atomic E-state index is 0.263. The van der Waals surface area contributed by atoms with Crippen molar-refractivity contribution in [3.63, 3.8) is 0 Å². The van der Waals surface area contributed by atoms with Crippen LogP contribution in [-0.4, -0.2) is 22.8 Å². The standard InChI is InChI=1S/C14H17BrFN3S/c1-9(2)17-7-3-4-13-18-19-14(20-13)11-8-10(16)5-6-12(11)15/h5-6,8-9,17H,3-4,7H2,1-2H3. The van der Waals surface area contributed by atoms with E-state index in [9.17, 15) is 4.39 Å². The van der Waals surface area contributed by atoms with E-state index in [1.54, 1.807) is 6.07 Å². The van der Waals surface area contributed by atoms with E-state index in [1.165, 1.54) is 23.5 Å². The summed E-state index contributed by atoms with van der Waals surface area (Å²) in [4.78, 5) is 0. The maximum absolute atomic E-state index is 13.3. The lowest BCUT2D eigenvalue weighted by molar-refractivity contribution is 0.569. The Bertz CT molecular complexity index is 571. The monoisotopic (exact) mass is 357 g/mol. The highest BCUT2D eigenvalue weighted by Gasteiger charge is 2.11. The summed E-state index contributed by atoms with van der Waals surface area (Å²) in [5.74, 6) is -0.263. The quantitative estimate of drug-likeness (QED) is 0.792. The van der Waals surface area contributed by atoms with Gasteiger partial charge in [0.05, 0.1) is 0 Å². The third kappa shape index (κ3) is 4.33. The zero-order chi connectivity index (χ0) is 14.5. The van der Waals surface area contributed by atoms with Crippen molar-refractivity contribution >= 4 is 27.3 Å². The molecule has 0 unspecified atom stereocenters. The second-order valence-corrected chi connectivity index (χ2v) is 6.75. The van der Waals surface area contributed by atoms with Crippen LogP contribution in [0.5, 0.6) is 0 Å². The Labute approximate surface area is 130 Å². The second-order valence-electron chi connectivity index (χ2n) is 4.84. The highest BCUT2D eigenvalue weighted by atomic mass is 79.9. The molecular formula is C14H17BrFN3S. The SMILES string of the molecule is CC(C)NCCCc1nnc(-c2cc(F)ccc2Br)s1. The van der Waals surface area contributed by atoms with Crippen molar-refractivity contribution in [2.24, 2.45) is 0 Å². The molecule has 1 aromatic heterocycles. The minimum atomic E-state index is -0.263. The maximum Gasteiger partial charge on any atom is 0.149 e. The lowest BCUT2D eigenvalue weighted by Crippen LogP contribution is -2.23. The molecule has 3 nitrogen and oxygen atoms in total. The molecule has 0 aliphatic carbocycles. The van der Waals surface area contributed by atoms with Gasteiger partial charge in [0, 0.05) is 22.5 Å². The van der Waals surface area contributed by atoms with Crippen LogP contribution in [0.3, 0.4) is 0 Å². The Morgan fingerprint density at radius 1 is 1.35 bits per heavy atom. The van der Waals surface area contributed by atoms with Crippen LogP contribution in [-0.2, 0) is 6.42 Å². The van der Waals surface area contributed by atoms with E-state index in [0.29, 0.717) is 6.04 Å². The molecule has 0 bridgehead atoms. The molecule has 2 aromatic rings. The Kier molecular flexibility index (Phi) is 5.63. The first-order valence-corrected chi connectivity index (χ1v) is 8.18. The summed E-state index contributed by atoms with van der Waals surface area (Å²) in [5, 5.41) is 13.4. The highest BCUT2D eigenvalue weighted by Crippen LogP contribution is 2.31. The molecule has 0 aliphatic heterocycles. The Morgan fingerprint density at radius 2 is 2.15 bits per heavy atom. The van der Waals surface area contributed by atoms with E-state index in [2.05, 4.69) is 45.3 Å². The molecule has 0 saturated heterocycles. The molecule has 0 spiro atoms. The van der Waals surface area contributed by atoms with Gasteiger partial charge in [-0.05, 0) is 31.2 Å². The van der Waals surface area contributed by atoms with Gasteiger partial charge < -0.3 is 5.32 Å². The van der Waals surface area contributed by atoms with Gasteiger partial charge in [0.25, 0.3) is 0 Å². The van der Waals surface area contributed by atoms with E-state index >= 15 is 0 Å². The smallest absolute Gasteiger partial charge is 0.149 e. The van der Waals surface area contributed by atoms with Crippen LogP contribution in [0.4, 0.5) is 4.39 Å². The minimum Gasteiger partial charge on any atom is -0.315 e. The molecular weight excluding hydrogens is 341 g/mol. The lowest BCUT2D eigenvalue weighted by Gasteiger charge is -2.05. The van der Waals surface area contributed by atoms with E-state index < -0.39 is 0 Å². The van der Waals surface area contributed by atoms with E-state index in [4.69, 9.17) is 0 Å². The molecule has 2 rings (SSSR count). The molecule has 6 heteroatoms. The molecule has 1 aromatic carbocycles. The number of aromatic nitrogens is 2. The number of halogens is 2. The molecule has 1 N–H and O–H groups in total. The van der Waals surface area contributed by atoms with Crippen LogP contribution in [0.1, 0.15) is 25.3 Å². The fourth-order valence-corrected chi connectivity index (χ4v) is 3.23. The largest absolute Gasteiger partial charge is 0.315 e. The first-order valence-electron chi connectivity index (χ1n) is 6.57. The topological polar surface area (TPSA) is 37.8 Å². The Balaban J connectivity index is 2.00. The number of rotatable bonds is 6. The fourth-order valence-electron chi connectivity index (χ4n) is 1.76. The summed E-state index contributed by atoms with van der Waals surface area (Å²) in [6.45, 7) is 5.23. The summed E-state index contributed by atoms with van der Waals surface area (Å²) < 4.78 is 14.1. The van der Waals surface area contributed by atoms with Crippen LogP contribution >= 0.6 is 27.3 Å². The Hall–Kier alpha value is -0.850. The predicted molar refractivity (Wildman–Crippen MR) is 84.5 cm³/mol. The van der Waals surface area contributed by atoms with Gasteiger partial charge in [-0.25, -0.2) is 4.39 Å². The molecule has 1 heterocycles. The molecule has 20 heavy (non-hydrogen) atoms. The molecule has 0 fully saturated rings. The maximum atomic E-state index is 13.3. The number of nitrogens with one attached hydrogen (secondary N) is 1. The van der Waals surface area contributed by atoms with Crippen LogP contribution in [0.25, 0.3) is 10.6 Å². The number of benzene rings is 1.